The molecule has 1 aromatic rings. The highest BCUT2D eigenvalue weighted by molar-refractivity contribution is 6.89. The molecule has 85 valence electrons. The molecule has 0 saturated carbocycles. The van der Waals surface area contributed by atoms with Gasteiger partial charge in [0.15, 0.2) is 0 Å². The number of rotatable bonds is 1. The molecule has 0 spiro atoms. The summed E-state index contributed by atoms with van der Waals surface area (Å²) in [5.74, 6) is 0. The summed E-state index contributed by atoms with van der Waals surface area (Å²) in [6.45, 7) is 7.72. The van der Waals surface area contributed by atoms with Crippen molar-refractivity contribution in [3.63, 3.8) is 0 Å². The Balaban J connectivity index is 3.37. The molecular formula is C11H15F3Si-. The fourth-order valence-corrected chi connectivity index (χ4v) is 3.61. The standard InChI is InChI=1S/C11H15F3Si/c1-8-9(11(12,13)14)6-5-7-10(8)15(2,3)4/h5-7H,1-4H3/q-1. The fourth-order valence-electron chi connectivity index (χ4n) is 1.76. The molecule has 0 amide bonds. The molecule has 0 N–H and O–H groups in total. The zero-order valence-electron chi connectivity index (χ0n) is 9.37. The van der Waals surface area contributed by atoms with E-state index in [1.807, 2.05) is 6.07 Å². The number of halogens is 3. The third kappa shape index (κ3) is 2.62. The van der Waals surface area contributed by atoms with Gasteiger partial charge in [-0.3, -0.25) is 0 Å². The average Bonchev–Trinajstić information content (AvgIpc) is 1.99. The quantitative estimate of drug-likeness (QED) is 0.649. The van der Waals surface area contributed by atoms with Crippen LogP contribution in [0.4, 0.5) is 13.2 Å². The normalized spacial score (nSPS) is 13.0. The van der Waals surface area contributed by atoms with Gasteiger partial charge in [-0.1, -0.05) is 17.7 Å². The zero-order valence-corrected chi connectivity index (χ0v) is 10.4. The van der Waals surface area contributed by atoms with Gasteiger partial charge in [0.25, 0.3) is 0 Å². The SMILES string of the molecule is Cc1c(C(F)(F)F)cccc1[Si-](C)(C)C. The molecule has 4 heteroatoms. The van der Waals surface area contributed by atoms with E-state index >= 15 is 0 Å². The smallest absolute Gasteiger partial charge is 0.182 e. The molecule has 0 heterocycles. The van der Waals surface area contributed by atoms with Crippen molar-refractivity contribution in [3.8, 4) is 0 Å². The molecule has 0 bridgehead atoms. The largest absolute Gasteiger partial charge is 0.416 e. The Morgan fingerprint density at radius 3 is 2.00 bits per heavy atom. The summed E-state index contributed by atoms with van der Waals surface area (Å²) >= 11 is 0. The Hall–Kier alpha value is -0.773. The van der Waals surface area contributed by atoms with Gasteiger partial charge in [0.2, 0.25) is 0 Å². The summed E-state index contributed by atoms with van der Waals surface area (Å²) in [7, 11) is -1.69. The van der Waals surface area contributed by atoms with Crippen molar-refractivity contribution >= 4 is 13.3 Å². The molecule has 15 heavy (non-hydrogen) atoms. The van der Waals surface area contributed by atoms with Crippen molar-refractivity contribution in [1.29, 1.82) is 0 Å². The van der Waals surface area contributed by atoms with E-state index in [0.717, 1.165) is 11.3 Å². The van der Waals surface area contributed by atoms with E-state index in [2.05, 4.69) is 19.6 Å². The minimum atomic E-state index is -4.24. The van der Waals surface area contributed by atoms with Crippen LogP contribution in [0.1, 0.15) is 11.1 Å². The van der Waals surface area contributed by atoms with E-state index in [1.54, 1.807) is 6.92 Å². The monoisotopic (exact) mass is 232 g/mol. The van der Waals surface area contributed by atoms with Gasteiger partial charge >= 0.3 is 6.18 Å². The van der Waals surface area contributed by atoms with Crippen molar-refractivity contribution in [2.45, 2.75) is 32.7 Å². The summed E-state index contributed by atoms with van der Waals surface area (Å²) in [5.41, 5.74) is -0.105. The van der Waals surface area contributed by atoms with E-state index in [-0.39, 0.29) is 0 Å². The molecule has 0 radical (unpaired) electrons. The van der Waals surface area contributed by atoms with Gasteiger partial charge in [0.05, 0.1) is 5.56 Å². The van der Waals surface area contributed by atoms with Gasteiger partial charge in [0.1, 0.15) is 0 Å². The lowest BCUT2D eigenvalue weighted by Gasteiger charge is -2.32. The Bertz CT molecular complexity index is 329. The van der Waals surface area contributed by atoms with Crippen molar-refractivity contribution < 1.29 is 13.2 Å². The molecule has 0 atom stereocenters. The molecule has 1 rings (SSSR count). The molecular weight excluding hydrogens is 217 g/mol. The predicted octanol–water partition coefficient (Wildman–Crippen LogP) is 3.56. The molecule has 0 fully saturated rings. The third-order valence-corrected chi connectivity index (χ3v) is 4.60. The molecule has 0 aliphatic rings. The van der Waals surface area contributed by atoms with E-state index < -0.39 is 19.8 Å². The minimum Gasteiger partial charge on any atom is -0.182 e. The van der Waals surface area contributed by atoms with Crippen molar-refractivity contribution in [1.82, 2.24) is 0 Å². The highest BCUT2D eigenvalue weighted by Crippen LogP contribution is 2.31. The first-order valence-electron chi connectivity index (χ1n) is 4.81. The van der Waals surface area contributed by atoms with Crippen molar-refractivity contribution in [2.24, 2.45) is 0 Å². The molecule has 0 aliphatic carbocycles. The molecule has 1 aromatic carbocycles. The lowest BCUT2D eigenvalue weighted by molar-refractivity contribution is -0.138. The van der Waals surface area contributed by atoms with Crippen LogP contribution in [0.5, 0.6) is 0 Å². The highest BCUT2D eigenvalue weighted by Gasteiger charge is 2.32. The second-order valence-corrected chi connectivity index (χ2v) is 9.76. The van der Waals surface area contributed by atoms with Crippen LogP contribution in [0.25, 0.3) is 0 Å². The molecule has 0 saturated heterocycles. The Kier molecular flexibility index (Phi) is 3.00. The lowest BCUT2D eigenvalue weighted by atomic mass is 10.1. The Morgan fingerprint density at radius 2 is 1.60 bits per heavy atom. The number of hydrogen-bond acceptors (Lipinski definition) is 0. The lowest BCUT2D eigenvalue weighted by Crippen LogP contribution is -2.40. The van der Waals surface area contributed by atoms with Gasteiger partial charge in [0, 0.05) is 0 Å². The van der Waals surface area contributed by atoms with Crippen LogP contribution in [0.3, 0.4) is 0 Å². The maximum atomic E-state index is 12.6. The average molecular weight is 232 g/mol. The first kappa shape index (κ1) is 12.3. The zero-order chi connectivity index (χ0) is 11.9. The van der Waals surface area contributed by atoms with E-state index in [4.69, 9.17) is 0 Å². The molecule has 0 aliphatic heterocycles. The van der Waals surface area contributed by atoms with E-state index in [1.165, 1.54) is 6.07 Å². The fraction of sp³-hybridized carbons (Fsp3) is 0.455. The van der Waals surface area contributed by atoms with Crippen LogP contribution in [0.15, 0.2) is 18.2 Å². The Labute approximate surface area is 89.1 Å². The van der Waals surface area contributed by atoms with Crippen LogP contribution in [0.2, 0.25) is 19.6 Å². The summed E-state index contributed by atoms with van der Waals surface area (Å²) in [6, 6.07) is 4.47. The van der Waals surface area contributed by atoms with Gasteiger partial charge < -0.3 is 0 Å². The second-order valence-electron chi connectivity index (χ2n) is 4.73. The van der Waals surface area contributed by atoms with Crippen LogP contribution < -0.4 is 5.19 Å². The number of hydrogen-bond donors (Lipinski definition) is 0. The highest BCUT2D eigenvalue weighted by atomic mass is 28.3. The van der Waals surface area contributed by atoms with Crippen molar-refractivity contribution in [2.75, 3.05) is 0 Å². The van der Waals surface area contributed by atoms with Crippen LogP contribution in [-0.2, 0) is 6.18 Å². The van der Waals surface area contributed by atoms with Crippen molar-refractivity contribution in [3.05, 3.63) is 29.3 Å². The van der Waals surface area contributed by atoms with Crippen LogP contribution in [0, 0.1) is 6.92 Å². The minimum absolute atomic E-state index is 0.393. The predicted molar refractivity (Wildman–Crippen MR) is 59.2 cm³/mol. The van der Waals surface area contributed by atoms with Crippen LogP contribution in [-0.4, -0.2) is 8.07 Å². The molecule has 0 unspecified atom stereocenters. The second kappa shape index (κ2) is 3.67. The van der Waals surface area contributed by atoms with Gasteiger partial charge in [-0.05, 0) is 13.0 Å². The van der Waals surface area contributed by atoms with Crippen LogP contribution >= 0.6 is 0 Å². The van der Waals surface area contributed by atoms with Gasteiger partial charge in [-0.2, -0.15) is 38.0 Å². The first-order chi connectivity index (χ1) is 6.64. The molecule has 0 nitrogen and oxygen atoms in total. The number of alkyl halides is 3. The van der Waals surface area contributed by atoms with E-state index in [0.29, 0.717) is 5.56 Å². The Morgan fingerprint density at radius 1 is 1.07 bits per heavy atom. The first-order valence-corrected chi connectivity index (χ1v) is 8.31. The maximum absolute atomic E-state index is 12.6. The summed E-state index contributed by atoms with van der Waals surface area (Å²) in [4.78, 5) is 0. The third-order valence-electron chi connectivity index (χ3n) is 2.45. The van der Waals surface area contributed by atoms with Gasteiger partial charge in [-0.15, -0.1) is 8.07 Å². The topological polar surface area (TPSA) is 0 Å². The number of benzene rings is 1. The molecule has 0 aromatic heterocycles. The summed E-state index contributed by atoms with van der Waals surface area (Å²) < 4.78 is 37.9. The summed E-state index contributed by atoms with van der Waals surface area (Å²) in [6.07, 6.45) is -4.24. The van der Waals surface area contributed by atoms with E-state index in [9.17, 15) is 13.2 Å². The van der Waals surface area contributed by atoms with Gasteiger partial charge in [-0.25, -0.2) is 0 Å². The maximum Gasteiger partial charge on any atom is 0.416 e. The summed E-state index contributed by atoms with van der Waals surface area (Å²) in [5, 5.41) is 0.886.